The van der Waals surface area contributed by atoms with Crippen molar-refractivity contribution >= 4 is 38.3 Å². The minimum atomic E-state index is -3.31. The van der Waals surface area contributed by atoms with Crippen LogP contribution in [0.5, 0.6) is 0 Å². The van der Waals surface area contributed by atoms with E-state index < -0.39 is 28.3 Å². The molecule has 1 aromatic heterocycles. The number of hydrogen-bond donors (Lipinski definition) is 1. The number of nitrogens with zero attached hydrogens (tertiary/aromatic N) is 1. The van der Waals surface area contributed by atoms with Crippen molar-refractivity contribution in [2.75, 3.05) is 18.2 Å². The van der Waals surface area contributed by atoms with Crippen LogP contribution in [0.1, 0.15) is 21.6 Å². The van der Waals surface area contributed by atoms with Crippen molar-refractivity contribution in [1.82, 2.24) is 4.98 Å². The van der Waals surface area contributed by atoms with E-state index in [1.165, 1.54) is 24.3 Å². The van der Waals surface area contributed by atoms with Crippen molar-refractivity contribution in [3.63, 3.8) is 0 Å². The molecule has 29 heavy (non-hydrogen) atoms. The molecular weight excluding hydrogens is 392 g/mol. The molecule has 1 amide bonds. The first-order valence-electron chi connectivity index (χ1n) is 8.80. The number of carbonyl (C=O) groups excluding carboxylic acids is 2. The van der Waals surface area contributed by atoms with Gasteiger partial charge >= 0.3 is 5.97 Å². The number of amides is 1. The van der Waals surface area contributed by atoms with Gasteiger partial charge in [-0.3, -0.25) is 9.78 Å². The highest BCUT2D eigenvalue weighted by Crippen LogP contribution is 2.23. The molecule has 0 unspecified atom stereocenters. The first-order valence-corrected chi connectivity index (χ1v) is 10.7. The zero-order valence-corrected chi connectivity index (χ0v) is 17.0. The number of rotatable bonds is 5. The number of aromatic nitrogens is 1. The maximum atomic E-state index is 12.5. The average Bonchev–Trinajstić information content (AvgIpc) is 2.66. The van der Waals surface area contributed by atoms with E-state index in [9.17, 15) is 18.0 Å². The molecule has 0 saturated heterocycles. The SMILES string of the molecule is Cc1nc2ccccc2c(C)c1C(=O)OCC(=O)Nc1ccc(S(C)(=O)=O)cc1. The smallest absolute Gasteiger partial charge is 0.340 e. The summed E-state index contributed by atoms with van der Waals surface area (Å²) in [6.45, 7) is 3.06. The maximum Gasteiger partial charge on any atom is 0.340 e. The molecule has 2 aromatic carbocycles. The second-order valence-electron chi connectivity index (χ2n) is 6.64. The molecule has 1 N–H and O–H groups in total. The van der Waals surface area contributed by atoms with Crippen molar-refractivity contribution in [3.8, 4) is 0 Å². The molecule has 0 aliphatic heterocycles. The molecule has 0 bridgehead atoms. The quantitative estimate of drug-likeness (QED) is 0.646. The van der Waals surface area contributed by atoms with Gasteiger partial charge in [-0.2, -0.15) is 0 Å². The Labute approximate surface area is 168 Å². The Morgan fingerprint density at radius 3 is 2.34 bits per heavy atom. The number of ether oxygens (including phenoxy) is 1. The highest BCUT2D eigenvalue weighted by Gasteiger charge is 2.19. The Balaban J connectivity index is 1.68. The number of esters is 1. The van der Waals surface area contributed by atoms with Crippen LogP contribution in [0.25, 0.3) is 10.9 Å². The Hall–Kier alpha value is -3.26. The number of aryl methyl sites for hydroxylation is 2. The normalized spacial score (nSPS) is 11.3. The summed E-state index contributed by atoms with van der Waals surface area (Å²) >= 11 is 0. The summed E-state index contributed by atoms with van der Waals surface area (Å²) in [5.74, 6) is -1.16. The zero-order chi connectivity index (χ0) is 21.2. The van der Waals surface area contributed by atoms with Crippen LogP contribution in [0.3, 0.4) is 0 Å². The predicted molar refractivity (Wildman–Crippen MR) is 110 cm³/mol. The highest BCUT2D eigenvalue weighted by atomic mass is 32.2. The van der Waals surface area contributed by atoms with E-state index in [1.54, 1.807) is 6.92 Å². The molecule has 0 aliphatic carbocycles. The molecule has 0 aliphatic rings. The molecule has 0 atom stereocenters. The van der Waals surface area contributed by atoms with Gasteiger partial charge in [-0.05, 0) is 49.7 Å². The van der Waals surface area contributed by atoms with Gasteiger partial charge in [-0.15, -0.1) is 0 Å². The minimum absolute atomic E-state index is 0.150. The fraction of sp³-hybridized carbons (Fsp3) is 0.190. The van der Waals surface area contributed by atoms with Crippen molar-refractivity contribution in [2.45, 2.75) is 18.7 Å². The largest absolute Gasteiger partial charge is 0.452 e. The monoisotopic (exact) mass is 412 g/mol. The molecule has 3 rings (SSSR count). The van der Waals surface area contributed by atoms with Gasteiger partial charge in [0.05, 0.1) is 21.7 Å². The van der Waals surface area contributed by atoms with Crippen molar-refractivity contribution in [2.24, 2.45) is 0 Å². The number of hydrogen-bond acceptors (Lipinski definition) is 6. The standard InChI is InChI=1S/C21H20N2O5S/c1-13-17-6-4-5-7-18(17)22-14(2)20(13)21(25)28-12-19(24)23-15-8-10-16(11-9-15)29(3,26)27/h4-11H,12H2,1-3H3,(H,23,24). The number of fused-ring (bicyclic) bond motifs is 1. The van der Waals surface area contributed by atoms with E-state index in [4.69, 9.17) is 4.74 Å². The summed E-state index contributed by atoms with van der Waals surface area (Å²) in [6.07, 6.45) is 1.10. The third-order valence-corrected chi connectivity index (χ3v) is 5.57. The lowest BCUT2D eigenvalue weighted by molar-refractivity contribution is -0.119. The van der Waals surface area contributed by atoms with Gasteiger partial charge in [0.15, 0.2) is 16.4 Å². The van der Waals surface area contributed by atoms with E-state index >= 15 is 0 Å². The Morgan fingerprint density at radius 1 is 1.03 bits per heavy atom. The third-order valence-electron chi connectivity index (χ3n) is 4.44. The van der Waals surface area contributed by atoms with Crippen LogP contribution in [0.2, 0.25) is 0 Å². The van der Waals surface area contributed by atoms with Crippen molar-refractivity contribution in [1.29, 1.82) is 0 Å². The summed E-state index contributed by atoms with van der Waals surface area (Å²) < 4.78 is 28.1. The number of anilines is 1. The summed E-state index contributed by atoms with van der Waals surface area (Å²) in [7, 11) is -3.31. The van der Waals surface area contributed by atoms with E-state index in [1.807, 2.05) is 31.2 Å². The van der Waals surface area contributed by atoms with Crippen LogP contribution < -0.4 is 5.32 Å². The van der Waals surface area contributed by atoms with Crippen molar-refractivity contribution < 1.29 is 22.7 Å². The third kappa shape index (κ3) is 4.60. The number of pyridine rings is 1. The first kappa shape index (κ1) is 20.5. The summed E-state index contributed by atoms with van der Waals surface area (Å²) in [4.78, 5) is 29.2. The van der Waals surface area contributed by atoms with Crippen LogP contribution >= 0.6 is 0 Å². The summed E-state index contributed by atoms with van der Waals surface area (Å²) in [5.41, 5.74) is 2.80. The van der Waals surface area contributed by atoms with Gasteiger partial charge < -0.3 is 10.1 Å². The lowest BCUT2D eigenvalue weighted by Gasteiger charge is -2.12. The van der Waals surface area contributed by atoms with Gasteiger partial charge in [0.25, 0.3) is 5.91 Å². The number of para-hydroxylation sites is 1. The average molecular weight is 412 g/mol. The van der Waals surface area contributed by atoms with Gasteiger partial charge in [0, 0.05) is 17.3 Å². The maximum absolute atomic E-state index is 12.5. The molecule has 7 nitrogen and oxygen atoms in total. The number of nitrogens with one attached hydrogen (secondary N) is 1. The molecule has 0 radical (unpaired) electrons. The molecular formula is C21H20N2O5S. The molecule has 0 fully saturated rings. The lowest BCUT2D eigenvalue weighted by atomic mass is 10.0. The van der Waals surface area contributed by atoms with Gasteiger partial charge in [0.2, 0.25) is 0 Å². The Morgan fingerprint density at radius 2 is 1.69 bits per heavy atom. The second kappa shape index (κ2) is 8.00. The van der Waals surface area contributed by atoms with E-state index in [-0.39, 0.29) is 4.90 Å². The number of carbonyl (C=O) groups is 2. The van der Waals surface area contributed by atoms with Gasteiger partial charge in [-0.25, -0.2) is 13.2 Å². The van der Waals surface area contributed by atoms with E-state index in [0.717, 1.165) is 22.7 Å². The molecule has 0 spiro atoms. The highest BCUT2D eigenvalue weighted by molar-refractivity contribution is 7.90. The Bertz CT molecular complexity index is 1200. The minimum Gasteiger partial charge on any atom is -0.452 e. The van der Waals surface area contributed by atoms with E-state index in [2.05, 4.69) is 10.3 Å². The second-order valence-corrected chi connectivity index (χ2v) is 8.65. The molecule has 0 saturated carbocycles. The lowest BCUT2D eigenvalue weighted by Crippen LogP contribution is -2.22. The van der Waals surface area contributed by atoms with Crippen LogP contribution in [0.4, 0.5) is 5.69 Å². The number of benzene rings is 2. The molecule has 8 heteroatoms. The number of sulfone groups is 1. The first-order chi connectivity index (χ1) is 13.7. The zero-order valence-electron chi connectivity index (χ0n) is 16.2. The summed E-state index contributed by atoms with van der Waals surface area (Å²) in [6, 6.07) is 13.2. The fourth-order valence-electron chi connectivity index (χ4n) is 3.02. The van der Waals surface area contributed by atoms with Gasteiger partial charge in [0.1, 0.15) is 0 Å². The molecule has 1 heterocycles. The van der Waals surface area contributed by atoms with Gasteiger partial charge in [-0.1, -0.05) is 18.2 Å². The van der Waals surface area contributed by atoms with Crippen LogP contribution in [0, 0.1) is 13.8 Å². The van der Waals surface area contributed by atoms with Crippen LogP contribution in [-0.2, 0) is 19.4 Å². The summed E-state index contributed by atoms with van der Waals surface area (Å²) in [5, 5.41) is 3.41. The topological polar surface area (TPSA) is 102 Å². The van der Waals surface area contributed by atoms with E-state index in [0.29, 0.717) is 16.9 Å². The fourth-order valence-corrected chi connectivity index (χ4v) is 3.65. The van der Waals surface area contributed by atoms with Crippen LogP contribution in [-0.4, -0.2) is 38.1 Å². The predicted octanol–water partition coefficient (Wildman–Crippen LogP) is 3.05. The molecule has 3 aromatic rings. The van der Waals surface area contributed by atoms with Crippen LogP contribution in [0.15, 0.2) is 53.4 Å². The van der Waals surface area contributed by atoms with Crippen molar-refractivity contribution in [3.05, 3.63) is 65.4 Å². The molecule has 150 valence electrons. The Kier molecular flexibility index (Phi) is 5.65.